The molecule has 0 radical (unpaired) electrons. The number of carbonyl (C=O) groups is 1. The maximum Gasteiger partial charge on any atom is 0.348 e. The third-order valence-corrected chi connectivity index (χ3v) is 7.58. The Labute approximate surface area is 204 Å². The van der Waals surface area contributed by atoms with Crippen LogP contribution in [0.25, 0.3) is 21.6 Å². The number of thiophene rings is 1. The zero-order valence-corrected chi connectivity index (χ0v) is 21.2. The highest BCUT2D eigenvalue weighted by molar-refractivity contribution is 7.99. The predicted octanol–water partition coefficient (Wildman–Crippen LogP) is 4.61. The van der Waals surface area contributed by atoms with Gasteiger partial charge < -0.3 is 19.0 Å². The van der Waals surface area contributed by atoms with Crippen LogP contribution >= 0.6 is 23.1 Å². The molecule has 0 saturated carbocycles. The van der Waals surface area contributed by atoms with E-state index in [0.29, 0.717) is 33.0 Å². The first-order valence-corrected chi connectivity index (χ1v) is 12.5. The van der Waals surface area contributed by atoms with Crippen LogP contribution in [-0.4, -0.2) is 44.4 Å². The van der Waals surface area contributed by atoms with Crippen molar-refractivity contribution in [3.05, 3.63) is 50.9 Å². The molecule has 0 bridgehead atoms. The third kappa shape index (κ3) is 4.45. The molecule has 1 unspecified atom stereocenters. The van der Waals surface area contributed by atoms with Crippen LogP contribution < -0.4 is 10.3 Å². The van der Waals surface area contributed by atoms with E-state index in [1.807, 2.05) is 42.7 Å². The molecule has 0 fully saturated rings. The van der Waals surface area contributed by atoms with Crippen molar-refractivity contribution in [2.24, 2.45) is 0 Å². The lowest BCUT2D eigenvalue weighted by Gasteiger charge is -2.12. The third-order valence-electron chi connectivity index (χ3n) is 5.33. The number of benzene rings is 1. The zero-order chi connectivity index (χ0) is 24.4. The van der Waals surface area contributed by atoms with Crippen LogP contribution in [0.4, 0.5) is 0 Å². The summed E-state index contributed by atoms with van der Waals surface area (Å²) in [5, 5.41) is 9.71. The minimum absolute atomic E-state index is 0.205. The molecule has 3 aromatic heterocycles. The Hall–Kier alpha value is -3.18. The van der Waals surface area contributed by atoms with Crippen LogP contribution in [0.1, 0.15) is 47.1 Å². The molecular formula is C23H25N5O4S2. The summed E-state index contributed by atoms with van der Waals surface area (Å²) in [6.07, 6.45) is 0. The van der Waals surface area contributed by atoms with Crippen LogP contribution in [0.5, 0.6) is 5.75 Å². The fraction of sp³-hybridized carbons (Fsp3) is 0.348. The summed E-state index contributed by atoms with van der Waals surface area (Å²) in [5.74, 6) is 1.60. The highest BCUT2D eigenvalue weighted by atomic mass is 32.2. The summed E-state index contributed by atoms with van der Waals surface area (Å²) in [4.78, 5) is 33.6. The number of thioether (sulfide) groups is 1. The summed E-state index contributed by atoms with van der Waals surface area (Å²) in [6.45, 7) is 8.42. The Kier molecular flexibility index (Phi) is 7.03. The molecular weight excluding hydrogens is 474 g/mol. The minimum Gasteiger partial charge on any atom is -0.497 e. The number of hydrogen-bond acceptors (Lipinski definition) is 9. The average Bonchev–Trinajstić information content (AvgIpc) is 3.39. The highest BCUT2D eigenvalue weighted by Gasteiger charge is 2.23. The van der Waals surface area contributed by atoms with Crippen LogP contribution in [-0.2, 0) is 11.3 Å². The molecule has 34 heavy (non-hydrogen) atoms. The van der Waals surface area contributed by atoms with E-state index < -0.39 is 5.97 Å². The second-order valence-electron chi connectivity index (χ2n) is 7.45. The van der Waals surface area contributed by atoms with E-state index in [1.54, 1.807) is 21.0 Å². The van der Waals surface area contributed by atoms with Gasteiger partial charge in [0.05, 0.1) is 24.4 Å². The standard InChI is InChI=1S/C23H25N5O4S2/c1-6-28-19(14-8-10-15(31-5)11-9-14)26-27-23(28)33-13(4)18-24-20(29)16-12(3)17(22(30)32-7-2)34-21(16)25-18/h8-11,13H,6-7H2,1-5H3,(H,24,25,29). The van der Waals surface area contributed by atoms with Crippen molar-refractivity contribution in [1.82, 2.24) is 24.7 Å². The molecule has 0 aliphatic carbocycles. The Balaban J connectivity index is 1.64. The molecule has 3 heterocycles. The summed E-state index contributed by atoms with van der Waals surface area (Å²) >= 11 is 2.64. The maximum absolute atomic E-state index is 12.8. The fourth-order valence-corrected chi connectivity index (χ4v) is 5.63. The number of ether oxygens (including phenoxy) is 2. The zero-order valence-electron chi connectivity index (χ0n) is 19.5. The van der Waals surface area contributed by atoms with E-state index in [1.165, 1.54) is 23.1 Å². The van der Waals surface area contributed by atoms with Crippen molar-refractivity contribution >= 4 is 39.3 Å². The average molecular weight is 500 g/mol. The summed E-state index contributed by atoms with van der Waals surface area (Å²) in [6, 6.07) is 7.66. The van der Waals surface area contributed by atoms with Crippen LogP contribution in [0.15, 0.2) is 34.2 Å². The number of nitrogens with one attached hydrogen (secondary N) is 1. The Morgan fingerprint density at radius 3 is 2.62 bits per heavy atom. The topological polar surface area (TPSA) is 112 Å². The number of aromatic nitrogens is 5. The van der Waals surface area contributed by atoms with Gasteiger partial charge >= 0.3 is 5.97 Å². The number of methoxy groups -OCH3 is 1. The van der Waals surface area contributed by atoms with Crippen LogP contribution in [0, 0.1) is 6.92 Å². The summed E-state index contributed by atoms with van der Waals surface area (Å²) in [5.41, 5.74) is 1.25. The molecule has 9 nitrogen and oxygen atoms in total. The Morgan fingerprint density at radius 1 is 1.24 bits per heavy atom. The van der Waals surface area contributed by atoms with E-state index in [0.717, 1.165) is 22.3 Å². The SMILES string of the molecule is CCOC(=O)c1sc2nc(C(C)Sc3nnc(-c4ccc(OC)cc4)n3CC)[nH]c(=O)c2c1C. The number of esters is 1. The van der Waals surface area contributed by atoms with Crippen LogP contribution in [0.3, 0.4) is 0 Å². The predicted molar refractivity (Wildman–Crippen MR) is 133 cm³/mol. The fourth-order valence-electron chi connectivity index (χ4n) is 3.57. The van der Waals surface area contributed by atoms with Crippen molar-refractivity contribution in [1.29, 1.82) is 0 Å². The lowest BCUT2D eigenvalue weighted by atomic mass is 10.2. The second-order valence-corrected chi connectivity index (χ2v) is 9.75. The van der Waals surface area contributed by atoms with Gasteiger partial charge in [-0.2, -0.15) is 0 Å². The molecule has 0 aliphatic rings. The number of hydrogen-bond donors (Lipinski definition) is 1. The van der Waals surface area contributed by atoms with Gasteiger partial charge in [0.1, 0.15) is 21.3 Å². The summed E-state index contributed by atoms with van der Waals surface area (Å²) < 4.78 is 12.4. The van der Waals surface area contributed by atoms with Gasteiger partial charge in [0.2, 0.25) is 0 Å². The molecule has 11 heteroatoms. The van der Waals surface area contributed by atoms with E-state index in [4.69, 9.17) is 9.47 Å². The van der Waals surface area contributed by atoms with E-state index in [9.17, 15) is 9.59 Å². The van der Waals surface area contributed by atoms with Gasteiger partial charge in [0.25, 0.3) is 5.56 Å². The first-order chi connectivity index (χ1) is 16.4. The number of nitrogens with zero attached hydrogens (tertiary/aromatic N) is 4. The Bertz CT molecular complexity index is 1390. The van der Waals surface area contributed by atoms with E-state index in [-0.39, 0.29) is 17.4 Å². The molecule has 1 aromatic carbocycles. The molecule has 0 aliphatic heterocycles. The highest BCUT2D eigenvalue weighted by Crippen LogP contribution is 2.35. The van der Waals surface area contributed by atoms with Gasteiger partial charge in [-0.25, -0.2) is 9.78 Å². The van der Waals surface area contributed by atoms with Crippen molar-refractivity contribution in [2.75, 3.05) is 13.7 Å². The van der Waals surface area contributed by atoms with Crippen LogP contribution in [0.2, 0.25) is 0 Å². The van der Waals surface area contributed by atoms with Gasteiger partial charge in [0.15, 0.2) is 11.0 Å². The van der Waals surface area contributed by atoms with Gasteiger partial charge in [-0.1, -0.05) is 11.8 Å². The maximum atomic E-state index is 12.8. The molecule has 4 aromatic rings. The van der Waals surface area contributed by atoms with Crippen molar-refractivity contribution in [3.63, 3.8) is 0 Å². The molecule has 0 spiro atoms. The minimum atomic E-state index is -0.437. The van der Waals surface area contributed by atoms with E-state index in [2.05, 4.69) is 20.2 Å². The number of carbonyl (C=O) groups excluding carboxylic acids is 1. The summed E-state index contributed by atoms with van der Waals surface area (Å²) in [7, 11) is 1.63. The smallest absolute Gasteiger partial charge is 0.348 e. The quantitative estimate of drug-likeness (QED) is 0.276. The second kappa shape index (κ2) is 9.98. The number of rotatable bonds is 8. The lowest BCUT2D eigenvalue weighted by Crippen LogP contribution is -2.13. The van der Waals surface area contributed by atoms with Gasteiger partial charge in [-0.05, 0) is 57.5 Å². The van der Waals surface area contributed by atoms with Crippen molar-refractivity contribution < 1.29 is 14.3 Å². The van der Waals surface area contributed by atoms with Crippen molar-refractivity contribution in [2.45, 2.75) is 44.6 Å². The first kappa shape index (κ1) is 24.0. The molecule has 178 valence electrons. The number of H-pyrrole nitrogens is 1. The molecule has 1 N–H and O–H groups in total. The molecule has 0 amide bonds. The molecule has 4 rings (SSSR count). The lowest BCUT2D eigenvalue weighted by molar-refractivity contribution is 0.0531. The van der Waals surface area contributed by atoms with E-state index >= 15 is 0 Å². The number of aryl methyl sites for hydroxylation is 1. The van der Waals surface area contributed by atoms with Gasteiger partial charge in [0, 0.05) is 12.1 Å². The monoisotopic (exact) mass is 499 g/mol. The normalized spacial score (nSPS) is 12.1. The number of aromatic amines is 1. The largest absolute Gasteiger partial charge is 0.497 e. The molecule has 0 saturated heterocycles. The molecule has 1 atom stereocenters. The number of fused-ring (bicyclic) bond motifs is 1. The van der Waals surface area contributed by atoms with Gasteiger partial charge in [-0.15, -0.1) is 21.5 Å². The van der Waals surface area contributed by atoms with Gasteiger partial charge in [-0.3, -0.25) is 4.79 Å². The first-order valence-electron chi connectivity index (χ1n) is 10.8. The Morgan fingerprint density at radius 2 is 1.97 bits per heavy atom. The van der Waals surface area contributed by atoms with Crippen molar-refractivity contribution in [3.8, 4) is 17.1 Å².